The summed E-state index contributed by atoms with van der Waals surface area (Å²) in [6.45, 7) is 8.08. The molecular formula is C22H27FN2O2. The third-order valence-corrected chi connectivity index (χ3v) is 4.33. The molecular weight excluding hydrogens is 343 g/mol. The Morgan fingerprint density at radius 2 is 1.67 bits per heavy atom. The number of nitrogens with zero attached hydrogens (tertiary/aromatic N) is 1. The summed E-state index contributed by atoms with van der Waals surface area (Å²) in [5.41, 5.74) is 2.56. The molecule has 0 unspecified atom stereocenters. The Morgan fingerprint density at radius 1 is 1.04 bits per heavy atom. The summed E-state index contributed by atoms with van der Waals surface area (Å²) in [5, 5.41) is 2.83. The summed E-state index contributed by atoms with van der Waals surface area (Å²) < 4.78 is 12.9. The predicted octanol–water partition coefficient (Wildman–Crippen LogP) is 3.84. The van der Waals surface area contributed by atoms with Crippen molar-refractivity contribution in [2.45, 2.75) is 39.5 Å². The number of hydrogen-bond acceptors (Lipinski definition) is 2. The summed E-state index contributed by atoms with van der Waals surface area (Å²) in [5.74, 6) is -0.686. The Balaban J connectivity index is 2.03. The van der Waals surface area contributed by atoms with Gasteiger partial charge in [-0.1, -0.05) is 51.1 Å². The first-order chi connectivity index (χ1) is 12.7. The first-order valence-electron chi connectivity index (χ1n) is 9.07. The Hall–Kier alpha value is -2.69. The largest absolute Gasteiger partial charge is 0.354 e. The van der Waals surface area contributed by atoms with Crippen LogP contribution >= 0.6 is 0 Å². The smallest absolute Gasteiger partial charge is 0.240 e. The fraction of sp³-hybridized carbons (Fsp3) is 0.364. The van der Waals surface area contributed by atoms with E-state index < -0.39 is 0 Å². The number of rotatable bonds is 6. The molecule has 0 aliphatic carbocycles. The number of carbonyl (C=O) groups is 2. The van der Waals surface area contributed by atoms with E-state index in [-0.39, 0.29) is 29.6 Å². The molecule has 0 fully saturated rings. The minimum absolute atomic E-state index is 0.0359. The van der Waals surface area contributed by atoms with Crippen molar-refractivity contribution in [1.29, 1.82) is 0 Å². The number of para-hydroxylation sites is 1. The molecule has 0 bridgehead atoms. The molecule has 0 aromatic heterocycles. The van der Waals surface area contributed by atoms with E-state index in [4.69, 9.17) is 0 Å². The van der Waals surface area contributed by atoms with Gasteiger partial charge >= 0.3 is 0 Å². The van der Waals surface area contributed by atoms with Crippen molar-refractivity contribution >= 4 is 17.5 Å². The summed E-state index contributed by atoms with van der Waals surface area (Å²) in [4.78, 5) is 26.1. The minimum Gasteiger partial charge on any atom is -0.354 e. The molecule has 2 amide bonds. The number of amides is 2. The van der Waals surface area contributed by atoms with Gasteiger partial charge in [-0.2, -0.15) is 0 Å². The van der Waals surface area contributed by atoms with Crippen LogP contribution in [0.5, 0.6) is 0 Å². The lowest BCUT2D eigenvalue weighted by Crippen LogP contribution is -2.41. The van der Waals surface area contributed by atoms with Gasteiger partial charge < -0.3 is 10.2 Å². The van der Waals surface area contributed by atoms with Gasteiger partial charge in [0.25, 0.3) is 0 Å². The van der Waals surface area contributed by atoms with Gasteiger partial charge in [-0.05, 0) is 41.2 Å². The van der Waals surface area contributed by atoms with Crippen LogP contribution in [0.4, 0.5) is 10.1 Å². The van der Waals surface area contributed by atoms with Crippen LogP contribution in [0.2, 0.25) is 0 Å². The summed E-state index contributed by atoms with van der Waals surface area (Å²) >= 11 is 0. The SMILES string of the molecule is CC(=O)N(CC(=O)NCCc1ccc(F)cc1)c1ccccc1C(C)(C)C. The van der Waals surface area contributed by atoms with Crippen LogP contribution in [0, 0.1) is 5.82 Å². The van der Waals surface area contributed by atoms with Gasteiger partial charge in [0, 0.05) is 19.2 Å². The van der Waals surface area contributed by atoms with E-state index in [0.29, 0.717) is 13.0 Å². The quantitative estimate of drug-likeness (QED) is 0.840. The monoisotopic (exact) mass is 370 g/mol. The second kappa shape index (κ2) is 8.80. The van der Waals surface area contributed by atoms with E-state index in [1.165, 1.54) is 24.0 Å². The molecule has 5 heteroatoms. The van der Waals surface area contributed by atoms with E-state index in [1.54, 1.807) is 12.1 Å². The van der Waals surface area contributed by atoms with E-state index in [2.05, 4.69) is 26.1 Å². The summed E-state index contributed by atoms with van der Waals surface area (Å²) in [6.07, 6.45) is 0.602. The molecule has 2 rings (SSSR count). The predicted molar refractivity (Wildman–Crippen MR) is 106 cm³/mol. The lowest BCUT2D eigenvalue weighted by molar-refractivity contribution is -0.123. The van der Waals surface area contributed by atoms with Gasteiger partial charge in [-0.25, -0.2) is 4.39 Å². The first-order valence-corrected chi connectivity index (χ1v) is 9.07. The number of halogens is 1. The molecule has 0 spiro atoms. The Bertz CT molecular complexity index is 795. The molecule has 27 heavy (non-hydrogen) atoms. The Kier molecular flexibility index (Phi) is 6.72. The van der Waals surface area contributed by atoms with E-state index in [1.807, 2.05) is 24.3 Å². The molecule has 144 valence electrons. The lowest BCUT2D eigenvalue weighted by atomic mass is 9.85. The molecule has 0 heterocycles. The van der Waals surface area contributed by atoms with Crippen molar-refractivity contribution in [2.24, 2.45) is 0 Å². The van der Waals surface area contributed by atoms with Gasteiger partial charge in [-0.3, -0.25) is 9.59 Å². The second-order valence-electron chi connectivity index (χ2n) is 7.60. The topological polar surface area (TPSA) is 49.4 Å². The normalized spacial score (nSPS) is 11.1. The van der Waals surface area contributed by atoms with Crippen LogP contribution in [0.15, 0.2) is 48.5 Å². The summed E-state index contributed by atoms with van der Waals surface area (Å²) in [7, 11) is 0. The maximum absolute atomic E-state index is 12.9. The molecule has 0 radical (unpaired) electrons. The zero-order valence-corrected chi connectivity index (χ0v) is 16.4. The number of anilines is 1. The van der Waals surface area contributed by atoms with Crippen molar-refractivity contribution in [1.82, 2.24) is 5.32 Å². The van der Waals surface area contributed by atoms with Crippen LogP contribution in [0.3, 0.4) is 0 Å². The third kappa shape index (κ3) is 5.91. The summed E-state index contributed by atoms with van der Waals surface area (Å²) in [6, 6.07) is 13.9. The zero-order chi connectivity index (χ0) is 20.0. The van der Waals surface area contributed by atoms with Gasteiger partial charge in [-0.15, -0.1) is 0 Å². The molecule has 2 aromatic carbocycles. The van der Waals surface area contributed by atoms with Gasteiger partial charge in [0.05, 0.1) is 0 Å². The van der Waals surface area contributed by atoms with Crippen LogP contribution in [-0.2, 0) is 21.4 Å². The molecule has 0 aliphatic heterocycles. The van der Waals surface area contributed by atoms with Crippen molar-refractivity contribution in [3.63, 3.8) is 0 Å². The van der Waals surface area contributed by atoms with Crippen LogP contribution < -0.4 is 10.2 Å². The molecule has 0 atom stereocenters. The fourth-order valence-electron chi connectivity index (χ4n) is 2.91. The zero-order valence-electron chi connectivity index (χ0n) is 16.4. The maximum atomic E-state index is 12.9. The Morgan fingerprint density at radius 3 is 2.26 bits per heavy atom. The minimum atomic E-state index is -0.280. The van der Waals surface area contributed by atoms with E-state index >= 15 is 0 Å². The molecule has 0 aliphatic rings. The number of benzene rings is 2. The fourth-order valence-corrected chi connectivity index (χ4v) is 2.91. The highest BCUT2D eigenvalue weighted by atomic mass is 19.1. The average Bonchev–Trinajstić information content (AvgIpc) is 2.60. The molecule has 4 nitrogen and oxygen atoms in total. The molecule has 0 saturated heterocycles. The average molecular weight is 370 g/mol. The molecule has 0 saturated carbocycles. The van der Waals surface area contributed by atoms with Gasteiger partial charge in [0.2, 0.25) is 11.8 Å². The van der Waals surface area contributed by atoms with Crippen LogP contribution in [-0.4, -0.2) is 24.9 Å². The van der Waals surface area contributed by atoms with Crippen molar-refractivity contribution < 1.29 is 14.0 Å². The number of nitrogens with one attached hydrogen (secondary N) is 1. The van der Waals surface area contributed by atoms with Crippen molar-refractivity contribution in [2.75, 3.05) is 18.0 Å². The molecule has 2 aromatic rings. The first kappa shape index (κ1) is 20.6. The Labute approximate surface area is 160 Å². The highest BCUT2D eigenvalue weighted by molar-refractivity contribution is 5.98. The number of hydrogen-bond donors (Lipinski definition) is 1. The highest BCUT2D eigenvalue weighted by Gasteiger charge is 2.24. The van der Waals surface area contributed by atoms with E-state index in [0.717, 1.165) is 16.8 Å². The molecule has 1 N–H and O–H groups in total. The van der Waals surface area contributed by atoms with Crippen LogP contribution in [0.25, 0.3) is 0 Å². The second-order valence-corrected chi connectivity index (χ2v) is 7.60. The highest BCUT2D eigenvalue weighted by Crippen LogP contribution is 2.31. The number of carbonyl (C=O) groups excluding carboxylic acids is 2. The van der Waals surface area contributed by atoms with E-state index in [9.17, 15) is 14.0 Å². The standard InChI is InChI=1S/C22H27FN2O2/c1-16(26)25(20-8-6-5-7-19(20)22(2,3)4)15-21(27)24-14-13-17-9-11-18(23)12-10-17/h5-12H,13-15H2,1-4H3,(H,24,27). The van der Waals surface area contributed by atoms with Crippen LogP contribution in [0.1, 0.15) is 38.8 Å². The van der Waals surface area contributed by atoms with Gasteiger partial charge in [0.1, 0.15) is 12.4 Å². The van der Waals surface area contributed by atoms with Crippen molar-refractivity contribution in [3.8, 4) is 0 Å². The van der Waals surface area contributed by atoms with Crippen molar-refractivity contribution in [3.05, 3.63) is 65.5 Å². The third-order valence-electron chi connectivity index (χ3n) is 4.33. The lowest BCUT2D eigenvalue weighted by Gasteiger charge is -2.29. The van der Waals surface area contributed by atoms with Gasteiger partial charge in [0.15, 0.2) is 0 Å². The maximum Gasteiger partial charge on any atom is 0.240 e.